The fourth-order valence-corrected chi connectivity index (χ4v) is 1.57. The largest absolute Gasteiger partial charge is 0.471 e. The molecule has 1 aliphatic heterocycles. The molecule has 3 nitrogen and oxygen atoms in total. The van der Waals surface area contributed by atoms with E-state index in [9.17, 15) is 18.0 Å². The number of hydrogen-bond acceptors (Lipinski definition) is 2. The Kier molecular flexibility index (Phi) is 3.28. The number of methoxy groups -OCH3 is 1. The van der Waals surface area contributed by atoms with Crippen LogP contribution in [0, 0.1) is 0 Å². The minimum atomic E-state index is -4.76. The number of hydrogen-bond donors (Lipinski definition) is 0. The van der Waals surface area contributed by atoms with E-state index < -0.39 is 17.7 Å². The Hall–Kier alpha value is -0.780. The average molecular weight is 225 g/mol. The summed E-state index contributed by atoms with van der Waals surface area (Å²) in [6, 6.07) is 0. The predicted molar refractivity (Wildman–Crippen MR) is 47.3 cm³/mol. The molecule has 1 fully saturated rings. The minimum absolute atomic E-state index is 0.0999. The Balaban J connectivity index is 2.55. The van der Waals surface area contributed by atoms with Crippen LogP contribution < -0.4 is 0 Å². The van der Waals surface area contributed by atoms with Crippen LogP contribution in [0.2, 0.25) is 0 Å². The van der Waals surface area contributed by atoms with Gasteiger partial charge in [0.05, 0.1) is 5.60 Å². The summed E-state index contributed by atoms with van der Waals surface area (Å²) in [4.78, 5) is 11.7. The van der Waals surface area contributed by atoms with Crippen LogP contribution in [0.4, 0.5) is 13.2 Å². The molecule has 0 aromatic heterocycles. The van der Waals surface area contributed by atoms with Crippen molar-refractivity contribution in [2.24, 2.45) is 0 Å². The predicted octanol–water partition coefficient (Wildman–Crippen LogP) is 1.58. The number of nitrogens with zero attached hydrogens (tertiary/aromatic N) is 1. The molecule has 1 heterocycles. The van der Waals surface area contributed by atoms with Crippen LogP contribution in [-0.4, -0.2) is 42.8 Å². The Morgan fingerprint density at radius 1 is 1.33 bits per heavy atom. The molecule has 0 saturated carbocycles. The highest BCUT2D eigenvalue weighted by atomic mass is 19.4. The number of amides is 1. The van der Waals surface area contributed by atoms with Gasteiger partial charge in [-0.3, -0.25) is 4.79 Å². The van der Waals surface area contributed by atoms with Crippen molar-refractivity contribution in [1.82, 2.24) is 4.90 Å². The molecule has 0 atom stereocenters. The first-order valence-electron chi connectivity index (χ1n) is 4.70. The van der Waals surface area contributed by atoms with E-state index in [2.05, 4.69) is 0 Å². The van der Waals surface area contributed by atoms with Crippen LogP contribution >= 0.6 is 0 Å². The molecule has 6 heteroatoms. The third-order valence-electron chi connectivity index (χ3n) is 2.84. The van der Waals surface area contributed by atoms with Crippen LogP contribution in [0.1, 0.15) is 19.8 Å². The smallest absolute Gasteiger partial charge is 0.378 e. The SMILES string of the molecule is COC1(C)CCN(C(=O)C(F)(F)F)CC1. The molecule has 0 unspecified atom stereocenters. The maximum Gasteiger partial charge on any atom is 0.471 e. The number of alkyl halides is 3. The van der Waals surface area contributed by atoms with Crippen molar-refractivity contribution in [1.29, 1.82) is 0 Å². The van der Waals surface area contributed by atoms with Gasteiger partial charge in [-0.15, -0.1) is 0 Å². The first kappa shape index (κ1) is 12.3. The van der Waals surface area contributed by atoms with E-state index in [-0.39, 0.29) is 13.1 Å². The van der Waals surface area contributed by atoms with Gasteiger partial charge in [0.15, 0.2) is 0 Å². The molecule has 0 N–H and O–H groups in total. The van der Waals surface area contributed by atoms with Gasteiger partial charge < -0.3 is 9.64 Å². The zero-order chi connectivity index (χ0) is 11.7. The summed E-state index contributed by atoms with van der Waals surface area (Å²) in [5.41, 5.74) is -0.400. The first-order valence-corrected chi connectivity index (χ1v) is 4.70. The molecular weight excluding hydrogens is 211 g/mol. The maximum absolute atomic E-state index is 12.1. The molecule has 1 saturated heterocycles. The second-order valence-corrected chi connectivity index (χ2v) is 3.94. The van der Waals surface area contributed by atoms with E-state index in [1.807, 2.05) is 6.92 Å². The molecule has 15 heavy (non-hydrogen) atoms. The van der Waals surface area contributed by atoms with Gasteiger partial charge in [0.25, 0.3) is 0 Å². The van der Waals surface area contributed by atoms with Gasteiger partial charge in [-0.05, 0) is 19.8 Å². The molecule has 0 radical (unpaired) electrons. The molecule has 0 aromatic carbocycles. The van der Waals surface area contributed by atoms with E-state index in [1.54, 1.807) is 0 Å². The maximum atomic E-state index is 12.1. The highest BCUT2D eigenvalue weighted by Gasteiger charge is 2.44. The Morgan fingerprint density at radius 2 is 1.80 bits per heavy atom. The molecule has 88 valence electrons. The molecule has 1 rings (SSSR count). The molecule has 0 aromatic rings. The number of rotatable bonds is 1. The third-order valence-corrected chi connectivity index (χ3v) is 2.84. The Morgan fingerprint density at radius 3 is 2.13 bits per heavy atom. The number of likely N-dealkylation sites (tertiary alicyclic amines) is 1. The molecule has 1 amide bonds. The van der Waals surface area contributed by atoms with Gasteiger partial charge in [0, 0.05) is 20.2 Å². The van der Waals surface area contributed by atoms with Gasteiger partial charge in [-0.25, -0.2) is 0 Å². The highest BCUT2D eigenvalue weighted by Crippen LogP contribution is 2.27. The molecule has 0 bridgehead atoms. The summed E-state index contributed by atoms with van der Waals surface area (Å²) in [7, 11) is 1.53. The van der Waals surface area contributed by atoms with E-state index in [4.69, 9.17) is 4.74 Å². The zero-order valence-corrected chi connectivity index (χ0v) is 8.73. The number of carbonyl (C=O) groups excluding carboxylic acids is 1. The van der Waals surface area contributed by atoms with Gasteiger partial charge >= 0.3 is 12.1 Å². The van der Waals surface area contributed by atoms with E-state index in [0.29, 0.717) is 12.8 Å². The van der Waals surface area contributed by atoms with E-state index in [0.717, 1.165) is 4.90 Å². The van der Waals surface area contributed by atoms with Crippen molar-refractivity contribution in [3.05, 3.63) is 0 Å². The van der Waals surface area contributed by atoms with Gasteiger partial charge in [0.1, 0.15) is 0 Å². The van der Waals surface area contributed by atoms with Crippen molar-refractivity contribution in [3.63, 3.8) is 0 Å². The summed E-state index contributed by atoms with van der Waals surface area (Å²) >= 11 is 0. The topological polar surface area (TPSA) is 29.5 Å². The lowest BCUT2D eigenvalue weighted by atomic mass is 9.93. The van der Waals surface area contributed by atoms with Gasteiger partial charge in [-0.2, -0.15) is 13.2 Å². The molecular formula is C9H14F3NO2. The van der Waals surface area contributed by atoms with Crippen LogP contribution in [0.25, 0.3) is 0 Å². The Bertz CT molecular complexity index is 244. The van der Waals surface area contributed by atoms with Crippen molar-refractivity contribution in [2.45, 2.75) is 31.5 Å². The normalized spacial score (nSPS) is 21.5. The van der Waals surface area contributed by atoms with Crippen molar-refractivity contribution < 1.29 is 22.7 Å². The Labute approximate surface area is 86.2 Å². The summed E-state index contributed by atoms with van der Waals surface area (Å²) in [6.45, 7) is 2.04. The third kappa shape index (κ3) is 2.84. The van der Waals surface area contributed by atoms with Gasteiger partial charge in [-0.1, -0.05) is 0 Å². The van der Waals surface area contributed by atoms with Crippen molar-refractivity contribution in [2.75, 3.05) is 20.2 Å². The minimum Gasteiger partial charge on any atom is -0.378 e. The quantitative estimate of drug-likeness (QED) is 0.678. The molecule has 1 aliphatic rings. The highest BCUT2D eigenvalue weighted by molar-refractivity contribution is 5.81. The molecule has 0 aliphatic carbocycles. The lowest BCUT2D eigenvalue weighted by Crippen LogP contribution is -2.50. The second kappa shape index (κ2) is 4.00. The van der Waals surface area contributed by atoms with Crippen molar-refractivity contribution in [3.8, 4) is 0 Å². The monoisotopic (exact) mass is 225 g/mol. The summed E-state index contributed by atoms with van der Waals surface area (Å²) in [5.74, 6) is -1.75. The lowest BCUT2D eigenvalue weighted by Gasteiger charge is -2.38. The van der Waals surface area contributed by atoms with Gasteiger partial charge in [0.2, 0.25) is 0 Å². The number of carbonyl (C=O) groups is 1. The fraction of sp³-hybridized carbons (Fsp3) is 0.889. The number of ether oxygens (including phenoxy) is 1. The van der Waals surface area contributed by atoms with Crippen LogP contribution in [-0.2, 0) is 9.53 Å². The van der Waals surface area contributed by atoms with Crippen LogP contribution in [0.3, 0.4) is 0 Å². The summed E-state index contributed by atoms with van der Waals surface area (Å²) in [5, 5.41) is 0. The molecule has 0 spiro atoms. The second-order valence-electron chi connectivity index (χ2n) is 3.94. The van der Waals surface area contributed by atoms with Crippen LogP contribution in [0.5, 0.6) is 0 Å². The van der Waals surface area contributed by atoms with E-state index >= 15 is 0 Å². The first-order chi connectivity index (χ1) is 6.78. The lowest BCUT2D eigenvalue weighted by molar-refractivity contribution is -0.188. The summed E-state index contributed by atoms with van der Waals surface area (Å²) < 4.78 is 41.4. The summed E-state index contributed by atoms with van der Waals surface area (Å²) in [6.07, 6.45) is -3.89. The standard InChI is InChI=1S/C9H14F3NO2/c1-8(15-2)3-5-13(6-4-8)7(14)9(10,11)12/h3-6H2,1-2H3. The van der Waals surface area contributed by atoms with Crippen molar-refractivity contribution >= 4 is 5.91 Å². The zero-order valence-electron chi connectivity index (χ0n) is 8.73. The number of halogens is 3. The van der Waals surface area contributed by atoms with E-state index in [1.165, 1.54) is 7.11 Å². The van der Waals surface area contributed by atoms with Crippen LogP contribution in [0.15, 0.2) is 0 Å². The average Bonchev–Trinajstić information content (AvgIpc) is 2.17. The fourth-order valence-electron chi connectivity index (χ4n) is 1.57. The number of piperidine rings is 1.